The van der Waals surface area contributed by atoms with Crippen LogP contribution >= 0.6 is 0 Å². The Bertz CT molecular complexity index is 1480. The first-order valence-electron chi connectivity index (χ1n) is 15.9. The minimum atomic E-state index is -1.00. The number of hydrogen-bond donors (Lipinski definition) is 3. The fraction of sp³-hybridized carbons (Fsp3) is 0.515. The number of pyridine rings is 1. The van der Waals surface area contributed by atoms with E-state index in [0.717, 1.165) is 48.6 Å². The molecule has 12 nitrogen and oxygen atoms in total. The van der Waals surface area contributed by atoms with Crippen LogP contribution in [0.4, 0.5) is 4.79 Å². The fourth-order valence-electron chi connectivity index (χ4n) is 5.77. The lowest BCUT2D eigenvalue weighted by Crippen LogP contribution is -2.57. The van der Waals surface area contributed by atoms with Crippen LogP contribution in [0.25, 0.3) is 21.3 Å². The van der Waals surface area contributed by atoms with Crippen LogP contribution in [-0.4, -0.2) is 63.6 Å². The van der Waals surface area contributed by atoms with E-state index in [1.165, 1.54) is 0 Å². The Labute approximate surface area is 264 Å². The van der Waals surface area contributed by atoms with Crippen molar-refractivity contribution in [3.05, 3.63) is 76.6 Å². The Kier molecular flexibility index (Phi) is 12.2. The van der Waals surface area contributed by atoms with Gasteiger partial charge in [-0.25, -0.2) is 4.79 Å². The number of hydrogen-bond acceptors (Lipinski definition) is 5. The summed E-state index contributed by atoms with van der Waals surface area (Å²) in [5, 5.41) is 13.5. The number of nitrogens with zero attached hydrogens (tertiary/aromatic N) is 6. The monoisotopic (exact) mass is 615 g/mol. The van der Waals surface area contributed by atoms with Gasteiger partial charge < -0.3 is 25.4 Å². The molecular weight excluding hydrogens is 570 g/mol. The molecule has 3 aromatic rings. The number of aromatic nitrogens is 2. The molecule has 0 spiro atoms. The van der Waals surface area contributed by atoms with Crippen LogP contribution in [0, 0.1) is 5.92 Å². The topological polar surface area (TPSA) is 157 Å². The molecular formula is C33H45N9O3. The maximum Gasteiger partial charge on any atom is 0.318 e. The summed E-state index contributed by atoms with van der Waals surface area (Å²) >= 11 is 0. The van der Waals surface area contributed by atoms with Crippen LogP contribution < -0.4 is 16.0 Å². The smallest absolute Gasteiger partial charge is 0.318 e. The summed E-state index contributed by atoms with van der Waals surface area (Å²) < 4.78 is 1.98. The number of aryl methyl sites for hydroxylation is 1. The number of benzene rings is 1. The molecule has 3 N–H and O–H groups in total. The molecule has 240 valence electrons. The average molecular weight is 616 g/mol. The second-order valence-corrected chi connectivity index (χ2v) is 12.0. The predicted molar refractivity (Wildman–Crippen MR) is 174 cm³/mol. The minimum absolute atomic E-state index is 0.170. The van der Waals surface area contributed by atoms with Crippen molar-refractivity contribution in [1.29, 1.82) is 0 Å². The molecule has 2 aromatic heterocycles. The molecule has 0 aliphatic carbocycles. The van der Waals surface area contributed by atoms with E-state index in [0.29, 0.717) is 25.2 Å². The largest absolute Gasteiger partial charge is 0.350 e. The van der Waals surface area contributed by atoms with Gasteiger partial charge in [-0.1, -0.05) is 62.5 Å². The zero-order valence-corrected chi connectivity index (χ0v) is 26.5. The minimum Gasteiger partial charge on any atom is -0.350 e. The molecule has 3 heterocycles. The Morgan fingerprint density at radius 1 is 0.956 bits per heavy atom. The van der Waals surface area contributed by atoms with Crippen LogP contribution in [0.1, 0.15) is 63.6 Å². The molecule has 4 atom stereocenters. The van der Waals surface area contributed by atoms with E-state index in [1.54, 1.807) is 23.2 Å². The summed E-state index contributed by atoms with van der Waals surface area (Å²) in [4.78, 5) is 50.1. The van der Waals surface area contributed by atoms with Crippen LogP contribution in [0.2, 0.25) is 0 Å². The molecule has 1 aromatic carbocycles. The molecule has 12 heteroatoms. The van der Waals surface area contributed by atoms with Gasteiger partial charge in [-0.3, -0.25) is 14.6 Å². The number of carbonyl (C=O) groups is 3. The molecule has 4 rings (SSSR count). The van der Waals surface area contributed by atoms with E-state index < -0.39 is 30.1 Å². The number of urea groups is 1. The van der Waals surface area contributed by atoms with Crippen molar-refractivity contribution in [3.63, 3.8) is 0 Å². The number of rotatable bonds is 13. The Balaban J connectivity index is 1.59. The number of para-hydroxylation sites is 1. The zero-order valence-electron chi connectivity index (χ0n) is 26.5. The summed E-state index contributed by atoms with van der Waals surface area (Å²) in [5.41, 5.74) is 11.8. The average Bonchev–Trinajstić information content (AvgIpc) is 3.18. The van der Waals surface area contributed by atoms with Crippen molar-refractivity contribution < 1.29 is 14.4 Å². The molecule has 45 heavy (non-hydrogen) atoms. The molecule has 1 saturated heterocycles. The number of nitrogens with one attached hydrogen (secondary N) is 3. The van der Waals surface area contributed by atoms with Gasteiger partial charge in [-0.2, -0.15) is 0 Å². The van der Waals surface area contributed by atoms with Crippen molar-refractivity contribution in [3.8, 4) is 0 Å². The Morgan fingerprint density at radius 3 is 2.36 bits per heavy atom. The van der Waals surface area contributed by atoms with Crippen molar-refractivity contribution in [2.75, 3.05) is 13.1 Å². The van der Waals surface area contributed by atoms with Gasteiger partial charge in [0.05, 0.1) is 0 Å². The molecule has 4 unspecified atom stereocenters. The zero-order chi connectivity index (χ0) is 32.2. The third kappa shape index (κ3) is 9.46. The predicted octanol–water partition coefficient (Wildman–Crippen LogP) is 4.99. The van der Waals surface area contributed by atoms with Gasteiger partial charge in [0.1, 0.15) is 18.2 Å². The highest BCUT2D eigenvalue weighted by Gasteiger charge is 2.31. The van der Waals surface area contributed by atoms with Crippen LogP contribution in [0.3, 0.4) is 0 Å². The van der Waals surface area contributed by atoms with Gasteiger partial charge in [0.25, 0.3) is 0 Å². The molecule has 1 aliphatic heterocycles. The van der Waals surface area contributed by atoms with E-state index in [4.69, 9.17) is 0 Å². The van der Waals surface area contributed by atoms with Gasteiger partial charge in [-0.15, -0.1) is 0 Å². The Morgan fingerprint density at radius 2 is 1.67 bits per heavy atom. The van der Waals surface area contributed by atoms with Gasteiger partial charge in [0.15, 0.2) is 0 Å². The van der Waals surface area contributed by atoms with Crippen LogP contribution in [-0.2, 0) is 29.5 Å². The molecule has 1 aliphatic rings. The van der Waals surface area contributed by atoms with Gasteiger partial charge in [0.2, 0.25) is 11.8 Å². The lowest BCUT2D eigenvalue weighted by molar-refractivity contribution is -0.130. The van der Waals surface area contributed by atoms with Crippen molar-refractivity contribution in [2.45, 2.75) is 83.5 Å². The number of fused-ring (bicyclic) bond motifs is 1. The summed E-state index contributed by atoms with van der Waals surface area (Å²) in [6.45, 7) is 5.41. The first-order valence-corrected chi connectivity index (χ1v) is 15.9. The van der Waals surface area contributed by atoms with Crippen molar-refractivity contribution in [2.24, 2.45) is 18.1 Å². The summed E-state index contributed by atoms with van der Waals surface area (Å²) in [6, 6.07) is 11.2. The van der Waals surface area contributed by atoms with Gasteiger partial charge in [-0.05, 0) is 54.5 Å². The number of likely N-dealkylation sites (tertiary alicyclic amines) is 1. The number of carbonyl (C=O) groups excluding carboxylic acids is 3. The molecule has 0 radical (unpaired) electrons. The second-order valence-electron chi connectivity index (χ2n) is 12.0. The van der Waals surface area contributed by atoms with E-state index >= 15 is 0 Å². The maximum atomic E-state index is 13.9. The van der Waals surface area contributed by atoms with E-state index in [-0.39, 0.29) is 24.8 Å². The van der Waals surface area contributed by atoms with Crippen LogP contribution in [0.15, 0.2) is 60.0 Å². The summed E-state index contributed by atoms with van der Waals surface area (Å²) in [6.07, 6.45) is 8.38. The maximum absolute atomic E-state index is 13.9. The van der Waals surface area contributed by atoms with E-state index in [9.17, 15) is 19.9 Å². The number of amides is 4. The Hall–Kier alpha value is -4.57. The second kappa shape index (κ2) is 16.5. The molecule has 1 fully saturated rings. The highest BCUT2D eigenvalue weighted by Crippen LogP contribution is 2.22. The van der Waals surface area contributed by atoms with Crippen molar-refractivity contribution in [1.82, 2.24) is 30.4 Å². The lowest BCUT2D eigenvalue weighted by atomic mass is 9.98. The van der Waals surface area contributed by atoms with E-state index in [1.807, 2.05) is 62.0 Å². The third-order valence-electron chi connectivity index (χ3n) is 8.51. The van der Waals surface area contributed by atoms with Gasteiger partial charge in [0, 0.05) is 66.9 Å². The first kappa shape index (κ1) is 33.3. The standard InChI is InChI=1S/C33H45N9O3/c1-4-23(2)19-27(37-33(45)42-17-11-5-6-12-18-42)31(43)36-28(20-24-22-41(3)29-15-8-7-14-26(24)29)32(44)38-30(39-40-34)21-25-13-9-10-16-35-25/h7-10,13-16,22-23,27-28,30H,4-6,11-12,17-21H2,1-3H3,(H,36,43)(H,37,45)(H,38,44). The van der Waals surface area contributed by atoms with E-state index in [2.05, 4.69) is 31.0 Å². The lowest BCUT2D eigenvalue weighted by Gasteiger charge is -2.28. The SMILES string of the molecule is CCC(C)CC(NC(=O)N1CCCCCC1)C(=O)NC(Cc1cn(C)c2ccccc12)C(=O)NC(Cc1ccccn1)N=[N+]=[N-]. The third-order valence-corrected chi connectivity index (χ3v) is 8.51. The first-order chi connectivity index (χ1) is 21.8. The molecule has 4 amide bonds. The van der Waals surface area contributed by atoms with Gasteiger partial charge >= 0.3 is 6.03 Å². The summed E-state index contributed by atoms with van der Waals surface area (Å²) in [7, 11) is 1.94. The quantitative estimate of drug-likeness (QED) is 0.141. The fourth-order valence-corrected chi connectivity index (χ4v) is 5.77. The highest BCUT2D eigenvalue weighted by atomic mass is 16.2. The number of azide groups is 1. The summed E-state index contributed by atoms with van der Waals surface area (Å²) in [5.74, 6) is -0.752. The molecule has 0 saturated carbocycles. The molecule has 0 bridgehead atoms. The van der Waals surface area contributed by atoms with Crippen LogP contribution in [0.5, 0.6) is 0 Å². The van der Waals surface area contributed by atoms with Crippen molar-refractivity contribution >= 4 is 28.7 Å². The highest BCUT2D eigenvalue weighted by molar-refractivity contribution is 5.93. The normalized spacial score (nSPS) is 16.0.